The van der Waals surface area contributed by atoms with Gasteiger partial charge in [-0.2, -0.15) is 0 Å². The maximum atomic E-state index is 13.7. The van der Waals surface area contributed by atoms with Gasteiger partial charge in [-0.3, -0.25) is 24.5 Å². The number of nitro benzene ring substituents is 1. The average molecular weight is 742 g/mol. The van der Waals surface area contributed by atoms with Crippen LogP contribution in [-0.4, -0.2) is 34.7 Å². The summed E-state index contributed by atoms with van der Waals surface area (Å²) < 4.78 is 5.23. The number of benzene rings is 5. The van der Waals surface area contributed by atoms with E-state index in [2.05, 4.69) is 20.9 Å². The van der Waals surface area contributed by atoms with Gasteiger partial charge in [0.05, 0.1) is 17.7 Å². The number of thiazole rings is 1. The van der Waals surface area contributed by atoms with Crippen molar-refractivity contribution in [3.8, 4) is 17.0 Å². The van der Waals surface area contributed by atoms with E-state index in [0.717, 1.165) is 10.5 Å². The van der Waals surface area contributed by atoms with Crippen molar-refractivity contribution in [2.75, 3.05) is 17.7 Å². The molecule has 53 heavy (non-hydrogen) atoms. The fraction of sp³-hybridized carbons (Fsp3) is 0.0500. The van der Waals surface area contributed by atoms with Gasteiger partial charge in [0.1, 0.15) is 16.7 Å². The molecule has 6 rings (SSSR count). The van der Waals surface area contributed by atoms with Crippen LogP contribution in [0.3, 0.4) is 0 Å². The molecule has 1 atom stereocenters. The number of carbonyl (C=O) groups excluding carboxylic acids is 3. The SMILES string of the molecule is COc1ccc(/C=C(\NC(=O)c2ccccc2)C(=O)Nc2ccc(SC(C(=O)Nc3nc(-c4cccc([N+](=O)[O-])c4)cs3)c3ccccc3)cc2)cc1. The molecule has 0 radical (unpaired) electrons. The van der Waals surface area contributed by atoms with Gasteiger partial charge >= 0.3 is 0 Å². The van der Waals surface area contributed by atoms with Gasteiger partial charge in [0.2, 0.25) is 5.91 Å². The number of non-ortho nitro benzene ring substituents is 1. The normalized spacial score (nSPS) is 11.6. The van der Waals surface area contributed by atoms with Crippen molar-refractivity contribution in [2.24, 2.45) is 0 Å². The van der Waals surface area contributed by atoms with Crippen LogP contribution in [0.1, 0.15) is 26.7 Å². The van der Waals surface area contributed by atoms with Crippen molar-refractivity contribution in [2.45, 2.75) is 10.1 Å². The number of nitro groups is 1. The van der Waals surface area contributed by atoms with Crippen LogP contribution in [0.4, 0.5) is 16.5 Å². The summed E-state index contributed by atoms with van der Waals surface area (Å²) in [6, 6.07) is 38.2. The largest absolute Gasteiger partial charge is 0.497 e. The summed E-state index contributed by atoms with van der Waals surface area (Å²) in [6.07, 6.45) is 1.58. The Morgan fingerprint density at radius 3 is 2.23 bits per heavy atom. The van der Waals surface area contributed by atoms with Crippen LogP contribution in [0.15, 0.2) is 149 Å². The number of ether oxygens (including phenoxy) is 1. The zero-order chi connectivity index (χ0) is 37.2. The molecule has 5 aromatic carbocycles. The van der Waals surface area contributed by atoms with Crippen molar-refractivity contribution in [3.63, 3.8) is 0 Å². The number of hydrogen-bond acceptors (Lipinski definition) is 9. The van der Waals surface area contributed by atoms with E-state index in [1.54, 1.807) is 110 Å². The van der Waals surface area contributed by atoms with E-state index in [0.29, 0.717) is 39.0 Å². The molecule has 1 aromatic heterocycles. The third-order valence-electron chi connectivity index (χ3n) is 7.75. The number of nitrogens with zero attached hydrogens (tertiary/aromatic N) is 2. The second kappa shape index (κ2) is 17.1. The summed E-state index contributed by atoms with van der Waals surface area (Å²) in [5.41, 5.74) is 3.40. The highest BCUT2D eigenvalue weighted by molar-refractivity contribution is 8.00. The molecule has 0 saturated heterocycles. The van der Waals surface area contributed by atoms with Gasteiger partial charge in [-0.1, -0.05) is 72.8 Å². The fourth-order valence-corrected chi connectivity index (χ4v) is 6.82. The van der Waals surface area contributed by atoms with Crippen molar-refractivity contribution >= 4 is 63.4 Å². The summed E-state index contributed by atoms with van der Waals surface area (Å²) in [4.78, 5) is 56.3. The minimum atomic E-state index is -0.658. The van der Waals surface area contributed by atoms with E-state index in [1.165, 1.54) is 35.2 Å². The number of aromatic nitrogens is 1. The molecular formula is C40H31N5O6S2. The number of amides is 3. The van der Waals surface area contributed by atoms with Gasteiger partial charge in [-0.05, 0) is 65.7 Å². The first-order valence-electron chi connectivity index (χ1n) is 16.1. The number of methoxy groups -OCH3 is 1. The maximum absolute atomic E-state index is 13.7. The molecule has 3 amide bonds. The van der Waals surface area contributed by atoms with Gasteiger partial charge in [0.25, 0.3) is 17.5 Å². The molecule has 11 nitrogen and oxygen atoms in total. The molecule has 0 aliphatic heterocycles. The second-order valence-corrected chi connectivity index (χ2v) is 13.4. The molecule has 0 fully saturated rings. The summed E-state index contributed by atoms with van der Waals surface area (Å²) in [6.45, 7) is 0. The summed E-state index contributed by atoms with van der Waals surface area (Å²) >= 11 is 2.54. The van der Waals surface area contributed by atoms with Crippen LogP contribution in [-0.2, 0) is 9.59 Å². The molecule has 0 bridgehead atoms. The minimum absolute atomic E-state index is 0.0408. The Kier molecular flexibility index (Phi) is 11.7. The molecule has 0 spiro atoms. The molecule has 13 heteroatoms. The Labute approximate surface area is 312 Å². The minimum Gasteiger partial charge on any atom is -0.497 e. The highest BCUT2D eigenvalue weighted by atomic mass is 32.2. The molecule has 264 valence electrons. The summed E-state index contributed by atoms with van der Waals surface area (Å²) in [5.74, 6) is -0.613. The van der Waals surface area contributed by atoms with Gasteiger partial charge < -0.3 is 20.7 Å². The Morgan fingerprint density at radius 1 is 0.849 bits per heavy atom. The number of nitrogens with one attached hydrogen (secondary N) is 3. The topological polar surface area (TPSA) is 153 Å². The lowest BCUT2D eigenvalue weighted by atomic mass is 10.1. The number of anilines is 2. The maximum Gasteiger partial charge on any atom is 0.272 e. The highest BCUT2D eigenvalue weighted by Crippen LogP contribution is 2.37. The number of carbonyl (C=O) groups is 3. The highest BCUT2D eigenvalue weighted by Gasteiger charge is 2.24. The quantitative estimate of drug-likeness (QED) is 0.0461. The Balaban J connectivity index is 1.17. The first kappa shape index (κ1) is 36.2. The van der Waals surface area contributed by atoms with E-state index < -0.39 is 22.0 Å². The van der Waals surface area contributed by atoms with Crippen molar-refractivity contribution < 1.29 is 24.0 Å². The van der Waals surface area contributed by atoms with Crippen molar-refractivity contribution in [1.29, 1.82) is 0 Å². The molecular weight excluding hydrogens is 711 g/mol. The first-order valence-corrected chi connectivity index (χ1v) is 17.9. The lowest BCUT2D eigenvalue weighted by Crippen LogP contribution is -2.30. The fourth-order valence-electron chi connectivity index (χ4n) is 5.07. The summed E-state index contributed by atoms with van der Waals surface area (Å²) in [7, 11) is 1.56. The Bertz CT molecular complexity index is 2260. The molecule has 3 N–H and O–H groups in total. The molecule has 1 heterocycles. The van der Waals surface area contributed by atoms with Gasteiger partial charge in [-0.25, -0.2) is 4.98 Å². The number of rotatable bonds is 13. The number of hydrogen-bond donors (Lipinski definition) is 3. The third-order valence-corrected chi connectivity index (χ3v) is 9.77. The zero-order valence-corrected chi connectivity index (χ0v) is 29.7. The van der Waals surface area contributed by atoms with Crippen LogP contribution >= 0.6 is 23.1 Å². The number of thioether (sulfide) groups is 1. The van der Waals surface area contributed by atoms with Gasteiger partial charge in [0.15, 0.2) is 5.13 Å². The smallest absolute Gasteiger partial charge is 0.272 e. The van der Waals surface area contributed by atoms with Gasteiger partial charge in [0, 0.05) is 39.2 Å². The van der Waals surface area contributed by atoms with Crippen LogP contribution in [0, 0.1) is 10.1 Å². The Morgan fingerprint density at radius 2 is 1.55 bits per heavy atom. The van der Waals surface area contributed by atoms with E-state index in [9.17, 15) is 24.5 Å². The van der Waals surface area contributed by atoms with E-state index >= 15 is 0 Å². The third kappa shape index (κ3) is 9.61. The predicted molar refractivity (Wildman–Crippen MR) is 208 cm³/mol. The van der Waals surface area contributed by atoms with Crippen molar-refractivity contribution in [3.05, 3.63) is 171 Å². The average Bonchev–Trinajstić information content (AvgIpc) is 3.66. The first-order chi connectivity index (χ1) is 25.7. The summed E-state index contributed by atoms with van der Waals surface area (Å²) in [5, 5.41) is 21.2. The second-order valence-electron chi connectivity index (χ2n) is 11.4. The van der Waals surface area contributed by atoms with Crippen LogP contribution < -0.4 is 20.7 Å². The molecule has 1 unspecified atom stereocenters. The van der Waals surface area contributed by atoms with Crippen LogP contribution in [0.5, 0.6) is 5.75 Å². The van der Waals surface area contributed by atoms with Crippen LogP contribution in [0.25, 0.3) is 17.3 Å². The zero-order valence-electron chi connectivity index (χ0n) is 28.1. The van der Waals surface area contributed by atoms with Crippen LogP contribution in [0.2, 0.25) is 0 Å². The van der Waals surface area contributed by atoms with E-state index in [4.69, 9.17) is 4.74 Å². The van der Waals surface area contributed by atoms with Crippen molar-refractivity contribution in [1.82, 2.24) is 10.3 Å². The van der Waals surface area contributed by atoms with E-state index in [-0.39, 0.29) is 17.3 Å². The molecule has 0 saturated carbocycles. The van der Waals surface area contributed by atoms with E-state index in [1.807, 2.05) is 30.3 Å². The molecule has 0 aliphatic carbocycles. The monoisotopic (exact) mass is 741 g/mol. The molecule has 6 aromatic rings. The molecule has 0 aliphatic rings. The Hall–Kier alpha value is -6.57. The standard InChI is InChI=1S/C40H31N5O6S2/c1-51-32-19-15-26(16-20-32)23-34(42-37(46)28-11-6-3-7-12-28)38(47)41-30-17-21-33(22-18-30)53-36(27-9-4-2-5-10-27)39(48)44-40-43-35(25-52-40)29-13-8-14-31(24-29)45(49)50/h2-25,36H,1H3,(H,41,47)(H,42,46)(H,43,44,48)/b34-23-. The lowest BCUT2D eigenvalue weighted by molar-refractivity contribution is -0.384. The predicted octanol–water partition coefficient (Wildman–Crippen LogP) is 8.61. The lowest BCUT2D eigenvalue weighted by Gasteiger charge is -2.17. The van der Waals surface area contributed by atoms with Gasteiger partial charge in [-0.15, -0.1) is 23.1 Å².